The van der Waals surface area contributed by atoms with Crippen LogP contribution >= 0.6 is 0 Å². The van der Waals surface area contributed by atoms with Crippen LogP contribution in [-0.2, 0) is 17.5 Å². The molecule has 4 nitrogen and oxygen atoms in total. The molecule has 0 saturated heterocycles. The van der Waals surface area contributed by atoms with E-state index >= 15 is 0 Å². The fourth-order valence-corrected chi connectivity index (χ4v) is 2.09. The first-order valence-electron chi connectivity index (χ1n) is 5.53. The molecule has 0 radical (unpaired) electrons. The predicted octanol–water partition coefficient (Wildman–Crippen LogP) is 1.53. The lowest BCUT2D eigenvalue weighted by atomic mass is 10.0. The van der Waals surface area contributed by atoms with Gasteiger partial charge in [-0.2, -0.15) is 13.2 Å². The van der Waals surface area contributed by atoms with E-state index in [1.165, 1.54) is 19.1 Å². The van der Waals surface area contributed by atoms with Crippen molar-refractivity contribution in [2.45, 2.75) is 25.7 Å². The van der Waals surface area contributed by atoms with E-state index in [-0.39, 0.29) is 17.7 Å². The van der Waals surface area contributed by atoms with E-state index in [1.54, 1.807) is 0 Å². The van der Waals surface area contributed by atoms with Gasteiger partial charge in [0.15, 0.2) is 0 Å². The van der Waals surface area contributed by atoms with E-state index in [9.17, 15) is 22.8 Å². The lowest BCUT2D eigenvalue weighted by Gasteiger charge is -2.21. The summed E-state index contributed by atoms with van der Waals surface area (Å²) in [5, 5.41) is 0. The minimum atomic E-state index is -4.53. The number of primary amides is 1. The van der Waals surface area contributed by atoms with E-state index < -0.39 is 29.6 Å². The second-order valence-corrected chi connectivity index (χ2v) is 4.34. The van der Waals surface area contributed by atoms with E-state index in [0.717, 1.165) is 11.0 Å². The number of amides is 2. The van der Waals surface area contributed by atoms with Gasteiger partial charge in [0, 0.05) is 12.1 Å². The van der Waals surface area contributed by atoms with Gasteiger partial charge >= 0.3 is 6.18 Å². The van der Waals surface area contributed by atoms with Crippen molar-refractivity contribution in [3.05, 3.63) is 34.9 Å². The Bertz CT molecular complexity index is 554. The summed E-state index contributed by atoms with van der Waals surface area (Å²) in [5.74, 6) is -1.36. The Morgan fingerprint density at radius 3 is 2.58 bits per heavy atom. The average molecular weight is 272 g/mol. The van der Waals surface area contributed by atoms with Gasteiger partial charge in [-0.25, -0.2) is 0 Å². The lowest BCUT2D eigenvalue weighted by molar-refractivity contribution is -0.138. The van der Waals surface area contributed by atoms with Crippen molar-refractivity contribution >= 4 is 11.8 Å². The largest absolute Gasteiger partial charge is 0.416 e. The number of carbonyl (C=O) groups is 2. The van der Waals surface area contributed by atoms with Gasteiger partial charge in [-0.1, -0.05) is 6.07 Å². The number of rotatable bonds is 2. The van der Waals surface area contributed by atoms with Gasteiger partial charge in [0.25, 0.3) is 5.91 Å². The van der Waals surface area contributed by atoms with Gasteiger partial charge in [0.05, 0.1) is 5.56 Å². The third kappa shape index (κ3) is 2.16. The molecule has 0 saturated carbocycles. The number of halogens is 3. The van der Waals surface area contributed by atoms with Gasteiger partial charge in [0.1, 0.15) is 6.04 Å². The second kappa shape index (κ2) is 4.25. The maximum atomic E-state index is 12.8. The SMILES string of the molecule is CC(C(N)=O)N1Cc2c(cccc2C(F)(F)F)C1=O. The molecule has 2 rings (SSSR count). The predicted molar refractivity (Wildman–Crippen MR) is 60.0 cm³/mol. The molecule has 102 valence electrons. The molecule has 0 bridgehead atoms. The Kier molecular flexibility index (Phi) is 3.00. The zero-order valence-electron chi connectivity index (χ0n) is 9.99. The van der Waals surface area contributed by atoms with Crippen LogP contribution in [-0.4, -0.2) is 22.8 Å². The zero-order valence-corrected chi connectivity index (χ0v) is 9.99. The maximum absolute atomic E-state index is 12.8. The fourth-order valence-electron chi connectivity index (χ4n) is 2.09. The minimum absolute atomic E-state index is 0.0251. The lowest BCUT2D eigenvalue weighted by Crippen LogP contribution is -2.42. The molecule has 0 spiro atoms. The Balaban J connectivity index is 2.46. The van der Waals surface area contributed by atoms with Crippen molar-refractivity contribution in [3.63, 3.8) is 0 Å². The molecule has 1 heterocycles. The smallest absolute Gasteiger partial charge is 0.368 e. The number of alkyl halides is 3. The van der Waals surface area contributed by atoms with E-state index in [0.29, 0.717) is 0 Å². The van der Waals surface area contributed by atoms with Crippen LogP contribution < -0.4 is 5.73 Å². The molecule has 1 aliphatic rings. The summed E-state index contributed by atoms with van der Waals surface area (Å²) in [6, 6.07) is 2.48. The van der Waals surface area contributed by atoms with Crippen LogP contribution in [0.25, 0.3) is 0 Å². The number of nitrogens with two attached hydrogens (primary N) is 1. The highest BCUT2D eigenvalue weighted by Gasteiger charge is 2.41. The summed E-state index contributed by atoms with van der Waals surface area (Å²) in [6.07, 6.45) is -4.53. The molecule has 0 aliphatic carbocycles. The van der Waals surface area contributed by atoms with E-state index in [4.69, 9.17) is 5.73 Å². The highest BCUT2D eigenvalue weighted by Crippen LogP contribution is 2.37. The molecule has 1 unspecified atom stereocenters. The van der Waals surface area contributed by atoms with Crippen LogP contribution in [0.4, 0.5) is 13.2 Å². The molecule has 2 amide bonds. The number of nitrogens with zero attached hydrogens (tertiary/aromatic N) is 1. The van der Waals surface area contributed by atoms with E-state index in [1.807, 2.05) is 0 Å². The van der Waals surface area contributed by atoms with Crippen molar-refractivity contribution in [2.75, 3.05) is 0 Å². The van der Waals surface area contributed by atoms with Crippen molar-refractivity contribution < 1.29 is 22.8 Å². The first-order chi connectivity index (χ1) is 8.73. The molecule has 1 aliphatic heterocycles. The van der Waals surface area contributed by atoms with Gasteiger partial charge in [-0.15, -0.1) is 0 Å². The maximum Gasteiger partial charge on any atom is 0.416 e. The Morgan fingerprint density at radius 1 is 1.42 bits per heavy atom. The number of hydrogen-bond donors (Lipinski definition) is 1. The summed E-state index contributed by atoms with van der Waals surface area (Å²) in [6.45, 7) is 1.13. The van der Waals surface area contributed by atoms with Crippen molar-refractivity contribution in [1.82, 2.24) is 4.90 Å². The molecule has 7 heteroatoms. The van der Waals surface area contributed by atoms with Crippen molar-refractivity contribution in [3.8, 4) is 0 Å². The average Bonchev–Trinajstić information content (AvgIpc) is 2.64. The number of carbonyl (C=O) groups excluding carboxylic acids is 2. The van der Waals surface area contributed by atoms with Crippen LogP contribution in [0.5, 0.6) is 0 Å². The number of hydrogen-bond acceptors (Lipinski definition) is 2. The Morgan fingerprint density at radius 2 is 2.05 bits per heavy atom. The monoisotopic (exact) mass is 272 g/mol. The summed E-state index contributed by atoms with van der Waals surface area (Å²) < 4.78 is 38.5. The van der Waals surface area contributed by atoms with Crippen LogP contribution in [0, 0.1) is 0 Å². The molecule has 2 N–H and O–H groups in total. The molecular formula is C12H11F3N2O2. The standard InChI is InChI=1S/C12H11F3N2O2/c1-6(10(16)18)17-5-8-7(11(17)19)3-2-4-9(8)12(13,14)15/h2-4,6H,5H2,1H3,(H2,16,18). The van der Waals surface area contributed by atoms with Crippen LogP contribution in [0.1, 0.15) is 28.4 Å². The number of fused-ring (bicyclic) bond motifs is 1. The minimum Gasteiger partial charge on any atom is -0.368 e. The summed E-state index contributed by atoms with van der Waals surface area (Å²) >= 11 is 0. The topological polar surface area (TPSA) is 63.4 Å². The molecule has 1 atom stereocenters. The molecule has 1 aromatic rings. The van der Waals surface area contributed by atoms with Crippen LogP contribution in [0.3, 0.4) is 0 Å². The zero-order chi connectivity index (χ0) is 14.4. The second-order valence-electron chi connectivity index (χ2n) is 4.34. The molecule has 0 fully saturated rings. The Labute approximate surface area is 107 Å². The third-order valence-corrected chi connectivity index (χ3v) is 3.18. The number of benzene rings is 1. The first kappa shape index (κ1) is 13.4. The molecule has 19 heavy (non-hydrogen) atoms. The molecule has 0 aromatic heterocycles. The fraction of sp³-hybridized carbons (Fsp3) is 0.333. The first-order valence-corrected chi connectivity index (χ1v) is 5.53. The summed E-state index contributed by atoms with van der Waals surface area (Å²) in [5.41, 5.74) is 4.10. The third-order valence-electron chi connectivity index (χ3n) is 3.18. The highest BCUT2D eigenvalue weighted by molar-refractivity contribution is 6.01. The summed E-state index contributed by atoms with van der Waals surface area (Å²) in [4.78, 5) is 24.1. The van der Waals surface area contributed by atoms with Gasteiger partial charge < -0.3 is 10.6 Å². The molecule has 1 aromatic carbocycles. The van der Waals surface area contributed by atoms with Crippen molar-refractivity contribution in [2.24, 2.45) is 5.73 Å². The Hall–Kier alpha value is -2.05. The van der Waals surface area contributed by atoms with Gasteiger partial charge in [-0.05, 0) is 24.6 Å². The quantitative estimate of drug-likeness (QED) is 0.887. The van der Waals surface area contributed by atoms with Gasteiger partial charge in [-0.3, -0.25) is 9.59 Å². The van der Waals surface area contributed by atoms with Crippen molar-refractivity contribution in [1.29, 1.82) is 0 Å². The normalized spacial score (nSPS) is 16.4. The summed E-state index contributed by atoms with van der Waals surface area (Å²) in [7, 11) is 0. The van der Waals surface area contributed by atoms with E-state index in [2.05, 4.69) is 0 Å². The highest BCUT2D eigenvalue weighted by atomic mass is 19.4. The van der Waals surface area contributed by atoms with Crippen LogP contribution in [0.2, 0.25) is 0 Å². The van der Waals surface area contributed by atoms with Gasteiger partial charge in [0.2, 0.25) is 5.91 Å². The van der Waals surface area contributed by atoms with Crippen LogP contribution in [0.15, 0.2) is 18.2 Å². The molecular weight excluding hydrogens is 261 g/mol.